The predicted octanol–water partition coefficient (Wildman–Crippen LogP) is 3.45. The number of hydrogen-bond donors (Lipinski definition) is 1. The smallest absolute Gasteiger partial charge is 0.328 e. The van der Waals surface area contributed by atoms with Crippen LogP contribution in [0.15, 0.2) is 12.1 Å². The minimum absolute atomic E-state index is 0.171. The standard InChI is InChI=1S/C15H23NO2S/c1-3-12-9-10-13(19-12)14(15(17)18-2)16-11-7-5-4-6-8-11/h9-11,14,16H,3-8H2,1-2H3. The van der Waals surface area contributed by atoms with Gasteiger partial charge < -0.3 is 4.74 Å². The molecule has 106 valence electrons. The van der Waals surface area contributed by atoms with Crippen LogP contribution in [0.4, 0.5) is 0 Å². The summed E-state index contributed by atoms with van der Waals surface area (Å²) in [5, 5.41) is 3.50. The van der Waals surface area contributed by atoms with Crippen molar-refractivity contribution in [1.29, 1.82) is 0 Å². The first-order chi connectivity index (χ1) is 9.24. The second-order valence-corrected chi connectivity index (χ2v) is 6.32. The predicted molar refractivity (Wildman–Crippen MR) is 78.5 cm³/mol. The summed E-state index contributed by atoms with van der Waals surface area (Å²) in [6, 6.07) is 4.32. The van der Waals surface area contributed by atoms with Crippen LogP contribution in [-0.2, 0) is 16.0 Å². The molecular formula is C15H23NO2S. The molecule has 0 spiro atoms. The van der Waals surface area contributed by atoms with E-state index < -0.39 is 0 Å². The van der Waals surface area contributed by atoms with Crippen molar-refractivity contribution in [2.45, 2.75) is 57.5 Å². The van der Waals surface area contributed by atoms with E-state index in [1.54, 1.807) is 11.3 Å². The van der Waals surface area contributed by atoms with Crippen LogP contribution in [0.25, 0.3) is 0 Å². The van der Waals surface area contributed by atoms with E-state index in [1.807, 2.05) is 0 Å². The SMILES string of the molecule is CCc1ccc(C(NC2CCCCC2)C(=O)OC)s1. The normalized spacial score (nSPS) is 18.2. The van der Waals surface area contributed by atoms with Gasteiger partial charge in [-0.1, -0.05) is 26.2 Å². The summed E-state index contributed by atoms with van der Waals surface area (Å²) in [6.45, 7) is 2.14. The maximum atomic E-state index is 12.0. The molecule has 1 unspecified atom stereocenters. The van der Waals surface area contributed by atoms with Crippen LogP contribution in [0.5, 0.6) is 0 Å². The van der Waals surface area contributed by atoms with Crippen LogP contribution < -0.4 is 5.32 Å². The fourth-order valence-electron chi connectivity index (χ4n) is 2.63. The third kappa shape index (κ3) is 3.80. The van der Waals surface area contributed by atoms with Gasteiger partial charge in [0.05, 0.1) is 7.11 Å². The Hall–Kier alpha value is -0.870. The van der Waals surface area contributed by atoms with Crippen molar-refractivity contribution in [1.82, 2.24) is 5.32 Å². The van der Waals surface area contributed by atoms with Gasteiger partial charge in [-0.15, -0.1) is 11.3 Å². The van der Waals surface area contributed by atoms with Gasteiger partial charge in [0.25, 0.3) is 0 Å². The van der Waals surface area contributed by atoms with Crippen molar-refractivity contribution in [3.05, 3.63) is 21.9 Å². The summed E-state index contributed by atoms with van der Waals surface area (Å²) in [6.07, 6.45) is 7.19. The minimum Gasteiger partial charge on any atom is -0.468 e. The summed E-state index contributed by atoms with van der Waals surface area (Å²) in [4.78, 5) is 14.4. The van der Waals surface area contributed by atoms with Gasteiger partial charge in [0.1, 0.15) is 6.04 Å². The average molecular weight is 281 g/mol. The van der Waals surface area contributed by atoms with E-state index in [0.717, 1.165) is 11.3 Å². The molecule has 0 aliphatic heterocycles. The topological polar surface area (TPSA) is 38.3 Å². The Morgan fingerprint density at radius 2 is 2.16 bits per heavy atom. The number of carbonyl (C=O) groups is 1. The van der Waals surface area contributed by atoms with Gasteiger partial charge in [-0.3, -0.25) is 5.32 Å². The van der Waals surface area contributed by atoms with Gasteiger partial charge in [-0.25, -0.2) is 4.79 Å². The molecular weight excluding hydrogens is 258 g/mol. The summed E-state index contributed by atoms with van der Waals surface area (Å²) in [5.41, 5.74) is 0. The quantitative estimate of drug-likeness (QED) is 0.840. The zero-order valence-electron chi connectivity index (χ0n) is 11.8. The Morgan fingerprint density at radius 1 is 1.42 bits per heavy atom. The van der Waals surface area contributed by atoms with Gasteiger partial charge in [0, 0.05) is 15.8 Å². The summed E-state index contributed by atoms with van der Waals surface area (Å²) < 4.78 is 4.96. The number of rotatable bonds is 5. The lowest BCUT2D eigenvalue weighted by Crippen LogP contribution is -2.38. The third-order valence-electron chi connectivity index (χ3n) is 3.76. The van der Waals surface area contributed by atoms with Gasteiger partial charge in [-0.2, -0.15) is 0 Å². The minimum atomic E-state index is -0.293. The number of carbonyl (C=O) groups excluding carboxylic acids is 1. The Bertz CT molecular complexity index is 410. The lowest BCUT2D eigenvalue weighted by atomic mass is 9.95. The van der Waals surface area contributed by atoms with Crippen LogP contribution in [0, 0.1) is 0 Å². The van der Waals surface area contributed by atoms with E-state index in [0.29, 0.717) is 6.04 Å². The third-order valence-corrected chi connectivity index (χ3v) is 5.05. The second kappa shape index (κ2) is 7.06. The fraction of sp³-hybridized carbons (Fsp3) is 0.667. The monoisotopic (exact) mass is 281 g/mol. The van der Waals surface area contributed by atoms with Gasteiger partial charge in [0.2, 0.25) is 0 Å². The molecule has 1 atom stereocenters. The molecule has 1 aromatic rings. The maximum absolute atomic E-state index is 12.0. The van der Waals surface area contributed by atoms with Crippen molar-refractivity contribution >= 4 is 17.3 Å². The Labute approximate surface area is 119 Å². The number of methoxy groups -OCH3 is 1. The highest BCUT2D eigenvalue weighted by Gasteiger charge is 2.26. The molecule has 0 bridgehead atoms. The molecule has 0 amide bonds. The van der Waals surface area contributed by atoms with Crippen LogP contribution in [0.2, 0.25) is 0 Å². The highest BCUT2D eigenvalue weighted by atomic mass is 32.1. The number of nitrogens with one attached hydrogen (secondary N) is 1. The molecule has 3 nitrogen and oxygen atoms in total. The van der Waals surface area contributed by atoms with Gasteiger partial charge in [-0.05, 0) is 31.4 Å². The largest absolute Gasteiger partial charge is 0.468 e. The molecule has 1 saturated carbocycles. The van der Waals surface area contributed by atoms with Crippen LogP contribution in [-0.4, -0.2) is 19.1 Å². The first-order valence-electron chi connectivity index (χ1n) is 7.17. The van der Waals surface area contributed by atoms with Crippen molar-refractivity contribution in [2.24, 2.45) is 0 Å². The Morgan fingerprint density at radius 3 is 2.74 bits per heavy atom. The van der Waals surface area contributed by atoms with Crippen LogP contribution in [0.3, 0.4) is 0 Å². The summed E-state index contributed by atoms with van der Waals surface area (Å²) >= 11 is 1.71. The number of aryl methyl sites for hydroxylation is 1. The molecule has 1 N–H and O–H groups in total. The van der Waals surface area contributed by atoms with Gasteiger partial charge in [0.15, 0.2) is 0 Å². The first-order valence-corrected chi connectivity index (χ1v) is 7.98. The fourth-order valence-corrected chi connectivity index (χ4v) is 3.63. The molecule has 1 heterocycles. The van der Waals surface area contributed by atoms with Crippen molar-refractivity contribution in [2.75, 3.05) is 7.11 Å². The number of esters is 1. The van der Waals surface area contributed by atoms with E-state index in [-0.39, 0.29) is 12.0 Å². The van der Waals surface area contributed by atoms with Crippen LogP contribution >= 0.6 is 11.3 Å². The summed E-state index contributed by atoms with van der Waals surface area (Å²) in [5.74, 6) is -0.171. The van der Waals surface area contributed by atoms with Gasteiger partial charge >= 0.3 is 5.97 Å². The first kappa shape index (κ1) is 14.5. The van der Waals surface area contributed by atoms with E-state index in [9.17, 15) is 4.79 Å². The zero-order chi connectivity index (χ0) is 13.7. The average Bonchev–Trinajstić information content (AvgIpc) is 2.93. The lowest BCUT2D eigenvalue weighted by Gasteiger charge is -2.26. The molecule has 4 heteroatoms. The molecule has 1 fully saturated rings. The van der Waals surface area contributed by atoms with E-state index in [1.165, 1.54) is 44.1 Å². The highest BCUT2D eigenvalue weighted by Crippen LogP contribution is 2.27. The van der Waals surface area contributed by atoms with Crippen molar-refractivity contribution < 1.29 is 9.53 Å². The van der Waals surface area contributed by atoms with Crippen LogP contribution in [0.1, 0.15) is 54.8 Å². The molecule has 0 saturated heterocycles. The number of thiophene rings is 1. The van der Waals surface area contributed by atoms with E-state index >= 15 is 0 Å². The molecule has 1 aromatic heterocycles. The number of ether oxygens (including phenoxy) is 1. The molecule has 2 rings (SSSR count). The molecule has 1 aliphatic rings. The zero-order valence-corrected chi connectivity index (χ0v) is 12.6. The van der Waals surface area contributed by atoms with Crippen molar-refractivity contribution in [3.8, 4) is 0 Å². The lowest BCUT2D eigenvalue weighted by molar-refractivity contribution is -0.143. The molecule has 19 heavy (non-hydrogen) atoms. The molecule has 1 aliphatic carbocycles. The Kier molecular flexibility index (Phi) is 5.40. The second-order valence-electron chi connectivity index (χ2n) is 5.12. The van der Waals surface area contributed by atoms with Crippen molar-refractivity contribution in [3.63, 3.8) is 0 Å². The molecule has 0 aromatic carbocycles. The Balaban J connectivity index is 2.08. The van der Waals surface area contributed by atoms with E-state index in [2.05, 4.69) is 24.4 Å². The molecule has 0 radical (unpaired) electrons. The maximum Gasteiger partial charge on any atom is 0.328 e. The number of hydrogen-bond acceptors (Lipinski definition) is 4. The highest BCUT2D eigenvalue weighted by molar-refractivity contribution is 7.12. The van der Waals surface area contributed by atoms with E-state index in [4.69, 9.17) is 4.74 Å². The summed E-state index contributed by atoms with van der Waals surface area (Å²) in [7, 11) is 1.46.